The first-order valence-corrected chi connectivity index (χ1v) is 11.1. The van der Waals surface area contributed by atoms with E-state index in [4.69, 9.17) is 0 Å². The first-order valence-electron chi connectivity index (χ1n) is 11.1. The van der Waals surface area contributed by atoms with Crippen LogP contribution in [-0.4, -0.2) is 36.1 Å². The van der Waals surface area contributed by atoms with Crippen LogP contribution in [0.3, 0.4) is 0 Å². The van der Waals surface area contributed by atoms with E-state index in [1.54, 1.807) is 6.07 Å². The summed E-state index contributed by atoms with van der Waals surface area (Å²) in [4.78, 5) is 17.7. The zero-order valence-corrected chi connectivity index (χ0v) is 17.5. The van der Waals surface area contributed by atoms with Crippen molar-refractivity contribution in [3.05, 3.63) is 65.7 Å². The molecule has 1 aliphatic heterocycles. The Labute approximate surface area is 179 Å². The van der Waals surface area contributed by atoms with Crippen LogP contribution in [0.4, 0.5) is 10.5 Å². The van der Waals surface area contributed by atoms with Crippen molar-refractivity contribution >= 4 is 11.7 Å². The Morgan fingerprint density at radius 2 is 1.77 bits per heavy atom. The van der Waals surface area contributed by atoms with E-state index >= 15 is 0 Å². The number of rotatable bonds is 5. The number of carbonyl (C=O) groups is 1. The lowest BCUT2D eigenvalue weighted by Gasteiger charge is -2.35. The van der Waals surface area contributed by atoms with Gasteiger partial charge in [-0.1, -0.05) is 49.2 Å². The normalized spacial score (nSPS) is 18.1. The predicted octanol–water partition coefficient (Wildman–Crippen LogP) is 4.68. The van der Waals surface area contributed by atoms with Gasteiger partial charge >= 0.3 is 6.03 Å². The topological polar surface area (TPSA) is 59.4 Å². The summed E-state index contributed by atoms with van der Waals surface area (Å²) in [6.45, 7) is 2.96. The van der Waals surface area contributed by atoms with E-state index in [0.717, 1.165) is 63.8 Å². The van der Waals surface area contributed by atoms with Gasteiger partial charge in [0.05, 0.1) is 11.6 Å². The van der Waals surface area contributed by atoms with Gasteiger partial charge in [-0.3, -0.25) is 9.80 Å². The second-order valence-electron chi connectivity index (χ2n) is 8.46. The van der Waals surface area contributed by atoms with Gasteiger partial charge in [-0.25, -0.2) is 4.79 Å². The molecule has 30 heavy (non-hydrogen) atoms. The predicted molar refractivity (Wildman–Crippen MR) is 119 cm³/mol. The Morgan fingerprint density at radius 1 is 1.03 bits per heavy atom. The second kappa shape index (κ2) is 9.77. The van der Waals surface area contributed by atoms with Crippen LogP contribution in [0.25, 0.3) is 0 Å². The van der Waals surface area contributed by atoms with Gasteiger partial charge < -0.3 is 5.32 Å². The van der Waals surface area contributed by atoms with E-state index in [0.29, 0.717) is 5.56 Å². The smallest absolute Gasteiger partial charge is 0.322 e. The molecule has 0 aromatic heterocycles. The lowest BCUT2D eigenvalue weighted by atomic mass is 10.0. The highest BCUT2D eigenvalue weighted by Crippen LogP contribution is 2.29. The van der Waals surface area contributed by atoms with E-state index in [2.05, 4.69) is 40.6 Å². The largest absolute Gasteiger partial charge is 0.335 e. The highest BCUT2D eigenvalue weighted by atomic mass is 16.2. The first kappa shape index (κ1) is 20.4. The van der Waals surface area contributed by atoms with Crippen molar-refractivity contribution in [3.63, 3.8) is 0 Å². The van der Waals surface area contributed by atoms with E-state index in [9.17, 15) is 10.1 Å². The number of likely N-dealkylation sites (tertiary alicyclic amines) is 1. The number of carbonyl (C=O) groups excluding carboxylic acids is 1. The lowest BCUT2D eigenvalue weighted by Crippen LogP contribution is -2.51. The minimum absolute atomic E-state index is 0.0153. The van der Waals surface area contributed by atoms with Crippen molar-refractivity contribution in [2.45, 2.75) is 57.2 Å². The van der Waals surface area contributed by atoms with Crippen molar-refractivity contribution in [2.24, 2.45) is 0 Å². The number of nitrogens with zero attached hydrogens (tertiary/aromatic N) is 3. The maximum atomic E-state index is 13.3. The SMILES string of the molecule is N#Cc1cccc(N(C(=O)NC2CCN(Cc3ccccc3)CC2)C2CCCC2)c1. The van der Waals surface area contributed by atoms with Crippen molar-refractivity contribution in [3.8, 4) is 6.07 Å². The summed E-state index contributed by atoms with van der Waals surface area (Å²) in [6.07, 6.45) is 6.30. The van der Waals surface area contributed by atoms with Crippen LogP contribution in [0.5, 0.6) is 0 Å². The van der Waals surface area contributed by atoms with Crippen molar-refractivity contribution in [2.75, 3.05) is 18.0 Å². The van der Waals surface area contributed by atoms with Crippen LogP contribution >= 0.6 is 0 Å². The number of anilines is 1. The number of hydrogen-bond donors (Lipinski definition) is 1. The molecular weight excluding hydrogens is 372 g/mol. The summed E-state index contributed by atoms with van der Waals surface area (Å²) in [5, 5.41) is 12.6. The monoisotopic (exact) mass is 402 g/mol. The number of nitriles is 1. The van der Waals surface area contributed by atoms with Crippen LogP contribution < -0.4 is 10.2 Å². The zero-order valence-electron chi connectivity index (χ0n) is 17.5. The molecule has 4 rings (SSSR count). The summed E-state index contributed by atoms with van der Waals surface area (Å²) in [5.41, 5.74) is 2.77. The quantitative estimate of drug-likeness (QED) is 0.790. The van der Waals surface area contributed by atoms with Crippen LogP contribution in [0.2, 0.25) is 0 Å². The number of benzene rings is 2. The summed E-state index contributed by atoms with van der Waals surface area (Å²) in [5.74, 6) is 0. The molecule has 5 heteroatoms. The lowest BCUT2D eigenvalue weighted by molar-refractivity contribution is 0.187. The van der Waals surface area contributed by atoms with Gasteiger partial charge in [-0.05, 0) is 49.4 Å². The van der Waals surface area contributed by atoms with Gasteiger partial charge in [0.15, 0.2) is 0 Å². The highest BCUT2D eigenvalue weighted by Gasteiger charge is 2.30. The number of nitrogens with one attached hydrogen (secondary N) is 1. The van der Waals surface area contributed by atoms with Crippen molar-refractivity contribution < 1.29 is 4.79 Å². The van der Waals surface area contributed by atoms with Gasteiger partial charge in [-0.2, -0.15) is 5.26 Å². The molecule has 0 radical (unpaired) electrons. The first-order chi connectivity index (χ1) is 14.7. The Balaban J connectivity index is 1.37. The molecule has 0 unspecified atom stereocenters. The molecule has 1 N–H and O–H groups in total. The number of amides is 2. The van der Waals surface area contributed by atoms with E-state index in [-0.39, 0.29) is 18.1 Å². The molecule has 156 valence electrons. The standard InChI is InChI=1S/C25H30N4O/c26-18-21-9-6-12-24(17-21)29(23-10-4-5-11-23)25(30)27-22-13-15-28(16-14-22)19-20-7-2-1-3-8-20/h1-3,6-9,12,17,22-23H,4-5,10-11,13-16,19H2,(H,27,30). The van der Waals surface area contributed by atoms with Crippen LogP contribution in [0.1, 0.15) is 49.7 Å². The average molecular weight is 403 g/mol. The third-order valence-corrected chi connectivity index (χ3v) is 6.33. The number of piperidine rings is 1. The third-order valence-electron chi connectivity index (χ3n) is 6.33. The summed E-state index contributed by atoms with van der Waals surface area (Å²) >= 11 is 0. The molecule has 5 nitrogen and oxygen atoms in total. The highest BCUT2D eigenvalue weighted by molar-refractivity contribution is 5.93. The molecule has 2 aliphatic rings. The molecule has 2 aromatic rings. The molecule has 1 saturated carbocycles. The molecule has 1 aliphatic carbocycles. The molecule has 2 fully saturated rings. The summed E-state index contributed by atoms with van der Waals surface area (Å²) < 4.78 is 0. The maximum Gasteiger partial charge on any atom is 0.322 e. The van der Waals surface area contributed by atoms with Gasteiger partial charge in [0.25, 0.3) is 0 Å². The molecule has 0 spiro atoms. The third kappa shape index (κ3) is 5.01. The summed E-state index contributed by atoms with van der Waals surface area (Å²) in [7, 11) is 0. The minimum atomic E-state index is -0.0153. The second-order valence-corrected chi connectivity index (χ2v) is 8.46. The van der Waals surface area contributed by atoms with Crippen LogP contribution in [0, 0.1) is 11.3 Å². The van der Waals surface area contributed by atoms with E-state index in [1.807, 2.05) is 29.2 Å². The Kier molecular flexibility index (Phi) is 6.66. The van der Waals surface area contributed by atoms with Crippen molar-refractivity contribution in [1.29, 1.82) is 5.26 Å². The fraction of sp³-hybridized carbons (Fsp3) is 0.440. The van der Waals surface area contributed by atoms with Crippen LogP contribution in [-0.2, 0) is 6.54 Å². The van der Waals surface area contributed by atoms with Gasteiger partial charge in [-0.15, -0.1) is 0 Å². The van der Waals surface area contributed by atoms with Gasteiger partial charge in [0.1, 0.15) is 0 Å². The average Bonchev–Trinajstić information content (AvgIpc) is 3.30. The minimum Gasteiger partial charge on any atom is -0.335 e. The summed E-state index contributed by atoms with van der Waals surface area (Å²) in [6, 6.07) is 20.6. The Morgan fingerprint density at radius 3 is 2.47 bits per heavy atom. The molecule has 0 atom stereocenters. The van der Waals surface area contributed by atoms with Crippen LogP contribution in [0.15, 0.2) is 54.6 Å². The number of hydrogen-bond acceptors (Lipinski definition) is 3. The fourth-order valence-electron chi connectivity index (χ4n) is 4.70. The fourth-order valence-corrected chi connectivity index (χ4v) is 4.70. The Bertz CT molecular complexity index is 878. The molecule has 1 heterocycles. The van der Waals surface area contributed by atoms with E-state index < -0.39 is 0 Å². The molecule has 0 bridgehead atoms. The number of urea groups is 1. The molecule has 2 amide bonds. The molecule has 1 saturated heterocycles. The van der Waals surface area contributed by atoms with E-state index in [1.165, 1.54) is 5.56 Å². The molecule has 2 aromatic carbocycles. The van der Waals surface area contributed by atoms with Crippen molar-refractivity contribution in [1.82, 2.24) is 10.2 Å². The molecular formula is C25H30N4O. The zero-order chi connectivity index (χ0) is 20.8. The van der Waals surface area contributed by atoms with Gasteiger partial charge in [0.2, 0.25) is 0 Å². The Hall–Kier alpha value is -2.84. The van der Waals surface area contributed by atoms with Gasteiger partial charge in [0, 0.05) is 37.4 Å². The maximum absolute atomic E-state index is 13.3.